The molecule has 0 amide bonds. The van der Waals surface area contributed by atoms with Crippen LogP contribution in [0.2, 0.25) is 0 Å². The molecule has 1 aromatic carbocycles. The molecule has 0 unspecified atom stereocenters. The molecule has 108 valence electrons. The lowest BCUT2D eigenvalue weighted by Gasteiger charge is -2.18. The molecule has 1 fully saturated rings. The highest BCUT2D eigenvalue weighted by Gasteiger charge is 2.11. The Bertz CT molecular complexity index is 633. The van der Waals surface area contributed by atoms with Gasteiger partial charge in [-0.2, -0.15) is 0 Å². The number of benzene rings is 1. The first-order chi connectivity index (χ1) is 10.2. The van der Waals surface area contributed by atoms with Crippen molar-refractivity contribution in [2.75, 3.05) is 23.3 Å². The molecule has 3 rings (SSSR count). The number of thiocarbonyl (C=S) groups is 1. The summed E-state index contributed by atoms with van der Waals surface area (Å²) < 4.78 is 0. The number of nitrogens with two attached hydrogens (primary N) is 1. The van der Waals surface area contributed by atoms with Crippen LogP contribution in [0, 0.1) is 0 Å². The van der Waals surface area contributed by atoms with Gasteiger partial charge in [-0.3, -0.25) is 0 Å². The van der Waals surface area contributed by atoms with Gasteiger partial charge in [0.2, 0.25) is 0 Å². The zero-order valence-corrected chi connectivity index (χ0v) is 12.6. The van der Waals surface area contributed by atoms with Crippen LogP contribution in [-0.2, 0) is 0 Å². The minimum Gasteiger partial charge on any atom is -0.389 e. The molecular weight excluding hydrogens is 280 g/mol. The predicted molar refractivity (Wildman–Crippen MR) is 91.3 cm³/mol. The van der Waals surface area contributed by atoms with Crippen molar-refractivity contribution in [1.82, 2.24) is 4.98 Å². The van der Waals surface area contributed by atoms with Crippen molar-refractivity contribution < 1.29 is 0 Å². The van der Waals surface area contributed by atoms with Gasteiger partial charge in [-0.1, -0.05) is 12.2 Å². The summed E-state index contributed by atoms with van der Waals surface area (Å²) in [6.45, 7) is 2.31. The Morgan fingerprint density at radius 3 is 2.52 bits per heavy atom. The first-order valence-corrected chi connectivity index (χ1v) is 7.51. The molecule has 0 spiro atoms. The number of hydrogen-bond donors (Lipinski definition) is 2. The first kappa shape index (κ1) is 13.8. The quantitative estimate of drug-likeness (QED) is 0.850. The van der Waals surface area contributed by atoms with Crippen LogP contribution in [0.15, 0.2) is 42.6 Å². The second-order valence-corrected chi connectivity index (χ2v) is 5.60. The molecule has 0 radical (unpaired) electrons. The predicted octanol–water partition coefficient (Wildman–Crippen LogP) is 3.06. The van der Waals surface area contributed by atoms with Gasteiger partial charge in [0.15, 0.2) is 0 Å². The molecule has 0 aliphatic carbocycles. The highest BCUT2D eigenvalue weighted by atomic mass is 32.1. The van der Waals surface area contributed by atoms with Crippen molar-refractivity contribution in [2.45, 2.75) is 12.8 Å². The maximum absolute atomic E-state index is 5.64. The smallest absolute Gasteiger partial charge is 0.130 e. The Morgan fingerprint density at radius 1 is 1.14 bits per heavy atom. The van der Waals surface area contributed by atoms with E-state index in [-0.39, 0.29) is 0 Å². The third-order valence-corrected chi connectivity index (χ3v) is 3.89. The van der Waals surface area contributed by atoms with Crippen LogP contribution < -0.4 is 16.0 Å². The highest BCUT2D eigenvalue weighted by Crippen LogP contribution is 2.23. The lowest BCUT2D eigenvalue weighted by molar-refractivity contribution is 0.949. The maximum Gasteiger partial charge on any atom is 0.130 e. The summed E-state index contributed by atoms with van der Waals surface area (Å²) in [7, 11) is 0. The van der Waals surface area contributed by atoms with Crippen LogP contribution in [0.1, 0.15) is 18.4 Å². The number of nitrogens with one attached hydrogen (secondary N) is 1. The molecule has 1 aliphatic rings. The van der Waals surface area contributed by atoms with Crippen molar-refractivity contribution in [3.05, 3.63) is 48.2 Å². The summed E-state index contributed by atoms with van der Waals surface area (Å²) in [6.07, 6.45) is 4.28. The molecule has 21 heavy (non-hydrogen) atoms. The second-order valence-electron chi connectivity index (χ2n) is 5.16. The molecule has 0 saturated carbocycles. The van der Waals surface area contributed by atoms with Crippen molar-refractivity contribution >= 4 is 34.4 Å². The van der Waals surface area contributed by atoms with E-state index < -0.39 is 0 Å². The number of pyridine rings is 1. The van der Waals surface area contributed by atoms with Crippen LogP contribution in [0.25, 0.3) is 0 Å². The van der Waals surface area contributed by atoms with Gasteiger partial charge in [-0.15, -0.1) is 0 Å². The van der Waals surface area contributed by atoms with E-state index in [0.29, 0.717) is 4.99 Å². The van der Waals surface area contributed by atoms with E-state index in [9.17, 15) is 0 Å². The fourth-order valence-corrected chi connectivity index (χ4v) is 2.66. The molecular formula is C16H18N4S. The molecule has 1 aromatic heterocycles. The lowest BCUT2D eigenvalue weighted by atomic mass is 10.2. The zero-order valence-electron chi connectivity index (χ0n) is 11.7. The molecule has 3 N–H and O–H groups in total. The van der Waals surface area contributed by atoms with E-state index in [0.717, 1.165) is 30.2 Å². The summed E-state index contributed by atoms with van der Waals surface area (Å²) in [5.74, 6) is 0.745. The molecule has 2 heterocycles. The summed E-state index contributed by atoms with van der Waals surface area (Å²) >= 11 is 4.98. The van der Waals surface area contributed by atoms with E-state index in [1.165, 1.54) is 18.5 Å². The first-order valence-electron chi connectivity index (χ1n) is 7.10. The number of anilines is 3. The molecule has 1 saturated heterocycles. The van der Waals surface area contributed by atoms with Gasteiger partial charge < -0.3 is 16.0 Å². The Labute approximate surface area is 130 Å². The molecule has 0 bridgehead atoms. The minimum absolute atomic E-state index is 0.379. The fourth-order valence-electron chi connectivity index (χ4n) is 2.53. The van der Waals surface area contributed by atoms with Crippen LogP contribution >= 0.6 is 12.2 Å². The summed E-state index contributed by atoms with van der Waals surface area (Å²) in [5.41, 5.74) is 8.74. The van der Waals surface area contributed by atoms with E-state index >= 15 is 0 Å². The Morgan fingerprint density at radius 2 is 1.86 bits per heavy atom. The Hall–Kier alpha value is -2.14. The number of aromatic nitrogens is 1. The number of hydrogen-bond acceptors (Lipinski definition) is 4. The van der Waals surface area contributed by atoms with Gasteiger partial charge in [-0.25, -0.2) is 4.98 Å². The zero-order chi connectivity index (χ0) is 14.7. The Kier molecular flexibility index (Phi) is 4.01. The molecule has 4 nitrogen and oxygen atoms in total. The van der Waals surface area contributed by atoms with E-state index in [1.807, 2.05) is 12.1 Å². The normalized spacial score (nSPS) is 14.2. The van der Waals surface area contributed by atoms with Crippen LogP contribution in [0.4, 0.5) is 17.2 Å². The van der Waals surface area contributed by atoms with E-state index in [1.54, 1.807) is 6.20 Å². The van der Waals surface area contributed by atoms with Crippen LogP contribution in [0.5, 0.6) is 0 Å². The van der Waals surface area contributed by atoms with Gasteiger partial charge in [-0.05, 0) is 49.2 Å². The van der Waals surface area contributed by atoms with Gasteiger partial charge >= 0.3 is 0 Å². The number of nitrogens with zero attached hydrogens (tertiary/aromatic N) is 2. The maximum atomic E-state index is 5.64. The van der Waals surface area contributed by atoms with Crippen LogP contribution in [-0.4, -0.2) is 23.1 Å². The largest absolute Gasteiger partial charge is 0.389 e. The van der Waals surface area contributed by atoms with Gasteiger partial charge in [0.05, 0.1) is 0 Å². The topological polar surface area (TPSA) is 54.2 Å². The Balaban J connectivity index is 1.72. The van der Waals surface area contributed by atoms with E-state index in [4.69, 9.17) is 18.0 Å². The van der Waals surface area contributed by atoms with Crippen molar-refractivity contribution in [3.8, 4) is 0 Å². The molecule has 2 aromatic rings. The van der Waals surface area contributed by atoms with E-state index in [2.05, 4.69) is 39.5 Å². The third-order valence-electron chi connectivity index (χ3n) is 3.66. The van der Waals surface area contributed by atoms with Crippen molar-refractivity contribution in [1.29, 1.82) is 0 Å². The van der Waals surface area contributed by atoms with Crippen molar-refractivity contribution in [3.63, 3.8) is 0 Å². The monoisotopic (exact) mass is 298 g/mol. The molecule has 0 atom stereocenters. The molecule has 1 aliphatic heterocycles. The van der Waals surface area contributed by atoms with Crippen molar-refractivity contribution in [2.24, 2.45) is 5.73 Å². The van der Waals surface area contributed by atoms with Gasteiger partial charge in [0, 0.05) is 36.2 Å². The fraction of sp³-hybridized carbons (Fsp3) is 0.250. The van der Waals surface area contributed by atoms with Gasteiger partial charge in [0.25, 0.3) is 0 Å². The molecule has 5 heteroatoms. The summed E-state index contributed by atoms with van der Waals surface area (Å²) in [5, 5.41) is 3.27. The van der Waals surface area contributed by atoms with Gasteiger partial charge in [0.1, 0.15) is 10.8 Å². The number of rotatable bonds is 4. The average Bonchev–Trinajstić information content (AvgIpc) is 3.02. The van der Waals surface area contributed by atoms with Crippen LogP contribution in [0.3, 0.4) is 0 Å². The third kappa shape index (κ3) is 3.31. The lowest BCUT2D eigenvalue weighted by Crippen LogP contribution is -2.17. The standard InChI is InChI=1S/C16H18N4S/c17-16(21)12-7-8-18-15(11-12)19-13-3-5-14(6-4-13)20-9-1-2-10-20/h3-8,11H,1-2,9-10H2,(H2,17,21)(H,18,19). The minimum atomic E-state index is 0.379. The second kappa shape index (κ2) is 6.10. The summed E-state index contributed by atoms with van der Waals surface area (Å²) in [6, 6.07) is 12.1. The summed E-state index contributed by atoms with van der Waals surface area (Å²) in [4.78, 5) is 7.07. The average molecular weight is 298 g/mol. The SMILES string of the molecule is NC(=S)c1ccnc(Nc2ccc(N3CCCC3)cc2)c1. The highest BCUT2D eigenvalue weighted by molar-refractivity contribution is 7.80.